The summed E-state index contributed by atoms with van der Waals surface area (Å²) in [5.41, 5.74) is 1.85. The van der Waals surface area contributed by atoms with E-state index in [4.69, 9.17) is 9.97 Å². The maximum absolute atomic E-state index is 5.17. The second kappa shape index (κ2) is 9.46. The molecule has 3 aromatic heterocycles. The van der Waals surface area contributed by atoms with Crippen LogP contribution in [0, 0.1) is 0 Å². The minimum absolute atomic E-state index is 0.938. The van der Waals surface area contributed by atoms with Crippen LogP contribution < -0.4 is 15.9 Å². The van der Waals surface area contributed by atoms with Crippen molar-refractivity contribution in [3.8, 4) is 0 Å². The zero-order valence-electron chi connectivity index (χ0n) is 23.1. The van der Waals surface area contributed by atoms with Crippen LogP contribution in [0.4, 0.5) is 0 Å². The first-order valence-electron chi connectivity index (χ1n) is 14.4. The van der Waals surface area contributed by atoms with Gasteiger partial charge in [0.2, 0.25) is 0 Å². The van der Waals surface area contributed by atoms with Gasteiger partial charge in [-0.25, -0.2) is 0 Å². The second-order valence-electron chi connectivity index (χ2n) is 11.0. The summed E-state index contributed by atoms with van der Waals surface area (Å²) < 4.78 is 2.30. The minimum atomic E-state index is -2.32. The zero-order chi connectivity index (χ0) is 28.5. The van der Waals surface area contributed by atoms with E-state index in [-0.39, 0.29) is 0 Å². The van der Waals surface area contributed by atoms with Gasteiger partial charge in [-0.3, -0.25) is 0 Å². The van der Waals surface area contributed by atoms with Gasteiger partial charge < -0.3 is 0 Å². The number of aromatic nitrogens is 3. The Morgan fingerprint density at radius 3 is 1.81 bits per heavy atom. The van der Waals surface area contributed by atoms with Gasteiger partial charge in [-0.15, -0.1) is 0 Å². The topological polar surface area (TPSA) is 30.2 Å². The van der Waals surface area contributed by atoms with Crippen LogP contribution in [0.15, 0.2) is 146 Å². The van der Waals surface area contributed by atoms with Gasteiger partial charge in [0, 0.05) is 0 Å². The molecule has 9 rings (SSSR count). The molecule has 0 aliphatic heterocycles. The molecule has 202 valence electrons. The summed E-state index contributed by atoms with van der Waals surface area (Å²) in [6.45, 7) is 0. The molecule has 5 heteroatoms. The quantitative estimate of drug-likeness (QED) is 0.113. The first-order chi connectivity index (χ1) is 21.2. The summed E-state index contributed by atoms with van der Waals surface area (Å²) in [5.74, 6) is 0. The molecule has 6 aromatic carbocycles. The monoisotopic (exact) mass is 633 g/mol. The fraction of sp³-hybridized carbons (Fsp3) is 0. The number of nitrogens with zero attached hydrogens (tertiary/aromatic N) is 3. The van der Waals surface area contributed by atoms with E-state index in [2.05, 4.69) is 159 Å². The summed E-state index contributed by atoms with van der Waals surface area (Å²) in [7, 11) is 0. The molecule has 0 radical (unpaired) electrons. The summed E-state index contributed by atoms with van der Waals surface area (Å²) in [4.78, 5) is 10.1. The first-order valence-corrected chi connectivity index (χ1v) is 18.4. The van der Waals surface area contributed by atoms with E-state index in [0.29, 0.717) is 0 Å². The molecule has 0 bridgehead atoms. The van der Waals surface area contributed by atoms with Crippen molar-refractivity contribution in [2.45, 2.75) is 0 Å². The number of hydrogen-bond donors (Lipinski definition) is 0. The Bertz CT molecular complexity index is 2540. The fourth-order valence-electron chi connectivity index (χ4n) is 6.64. The molecule has 0 aliphatic carbocycles. The standard InChI is InChI=1S/C38H24N3PSe/c43-42(29-19-17-25-9-1-3-11-27(25)21-29,30-20-18-26-10-2-4-12-28(26)22-30)36-24-39-23-32-37(36)31-13-5-7-15-34(31)41-35-16-8-6-14-33(35)40-38(32)41/h1-24H. The Morgan fingerprint density at radius 1 is 0.535 bits per heavy atom. The molecular formula is C38H24N3PSe. The molecule has 0 aliphatic rings. The zero-order valence-corrected chi connectivity index (χ0v) is 25.7. The van der Waals surface area contributed by atoms with Crippen molar-refractivity contribution in [1.82, 2.24) is 14.4 Å². The molecule has 3 nitrogen and oxygen atoms in total. The normalized spacial score (nSPS) is 12.3. The van der Waals surface area contributed by atoms with Crippen molar-refractivity contribution in [3.05, 3.63) is 146 Å². The van der Waals surface area contributed by atoms with E-state index in [9.17, 15) is 0 Å². The van der Waals surface area contributed by atoms with Crippen LogP contribution in [0.3, 0.4) is 0 Å². The van der Waals surface area contributed by atoms with Crippen molar-refractivity contribution in [3.63, 3.8) is 0 Å². The van der Waals surface area contributed by atoms with Gasteiger partial charge in [0.25, 0.3) is 0 Å². The van der Waals surface area contributed by atoms with Gasteiger partial charge in [0.1, 0.15) is 0 Å². The maximum atomic E-state index is 5.17. The Labute approximate surface area is 255 Å². The third kappa shape index (κ3) is 3.65. The van der Waals surface area contributed by atoms with Crippen LogP contribution in [0.5, 0.6) is 0 Å². The number of hydrogen-bond acceptors (Lipinski definition) is 2. The van der Waals surface area contributed by atoms with Crippen molar-refractivity contribution in [2.24, 2.45) is 0 Å². The number of para-hydroxylation sites is 3. The Morgan fingerprint density at radius 2 is 1.12 bits per heavy atom. The summed E-state index contributed by atoms with van der Waals surface area (Å²) in [6.07, 6.45) is 4.10. The second-order valence-corrected chi connectivity index (χ2v) is 17.2. The number of benzene rings is 6. The van der Waals surface area contributed by atoms with Crippen LogP contribution in [-0.4, -0.2) is 29.5 Å². The SMILES string of the molecule is [Se]=P(c1ccc2ccccc2c1)(c1ccc2ccccc2c1)c1cncc2c1c1ccccc1n1c3ccccc3nc21. The number of imidazole rings is 1. The molecule has 0 saturated heterocycles. The van der Waals surface area contributed by atoms with Gasteiger partial charge in [0.05, 0.1) is 0 Å². The van der Waals surface area contributed by atoms with Gasteiger partial charge in [-0.2, -0.15) is 0 Å². The third-order valence-corrected chi connectivity index (χ3v) is 15.6. The molecule has 0 fully saturated rings. The van der Waals surface area contributed by atoms with E-state index in [1.165, 1.54) is 48.2 Å². The summed E-state index contributed by atoms with van der Waals surface area (Å²) >= 11 is 3.84. The van der Waals surface area contributed by atoms with Gasteiger partial charge in [0.15, 0.2) is 0 Å². The van der Waals surface area contributed by atoms with Crippen molar-refractivity contribution < 1.29 is 0 Å². The summed E-state index contributed by atoms with van der Waals surface area (Å²) in [6, 6.07) is 48.2. The van der Waals surface area contributed by atoms with E-state index in [0.717, 1.165) is 27.6 Å². The molecule has 3 heterocycles. The predicted molar refractivity (Wildman–Crippen MR) is 185 cm³/mol. The molecule has 0 N–H and O–H groups in total. The molecule has 0 spiro atoms. The van der Waals surface area contributed by atoms with Crippen LogP contribution in [0.1, 0.15) is 0 Å². The Kier molecular flexibility index (Phi) is 5.49. The van der Waals surface area contributed by atoms with Gasteiger partial charge >= 0.3 is 257 Å². The molecule has 0 unspecified atom stereocenters. The van der Waals surface area contributed by atoms with E-state index < -0.39 is 5.51 Å². The molecular weight excluding hydrogens is 608 g/mol. The summed E-state index contributed by atoms with van der Waals surface area (Å²) in [5, 5.41) is 12.2. The predicted octanol–water partition coefficient (Wildman–Crippen LogP) is 7.87. The van der Waals surface area contributed by atoms with E-state index in [1.54, 1.807) is 0 Å². The molecule has 0 atom stereocenters. The van der Waals surface area contributed by atoms with Crippen LogP contribution in [0.2, 0.25) is 0 Å². The van der Waals surface area contributed by atoms with Crippen molar-refractivity contribution in [1.29, 1.82) is 0 Å². The third-order valence-electron chi connectivity index (χ3n) is 8.67. The number of pyridine rings is 2. The van der Waals surface area contributed by atoms with Crippen molar-refractivity contribution >= 4 is 96.4 Å². The first kappa shape index (κ1) is 25.0. The average Bonchev–Trinajstić information content (AvgIpc) is 3.47. The molecule has 9 aromatic rings. The van der Waals surface area contributed by atoms with Crippen LogP contribution in [0.25, 0.3) is 59.9 Å². The fourth-order valence-corrected chi connectivity index (χ4v) is 11.8. The molecule has 0 saturated carbocycles. The van der Waals surface area contributed by atoms with E-state index in [1.807, 2.05) is 6.20 Å². The number of rotatable bonds is 3. The van der Waals surface area contributed by atoms with Crippen LogP contribution >= 0.6 is 5.51 Å². The molecule has 0 amide bonds. The van der Waals surface area contributed by atoms with Gasteiger partial charge in [-0.1, -0.05) is 0 Å². The van der Waals surface area contributed by atoms with Crippen molar-refractivity contribution in [2.75, 3.05) is 0 Å². The molecule has 43 heavy (non-hydrogen) atoms. The Balaban J connectivity index is 1.47. The number of fused-ring (bicyclic) bond motifs is 10. The van der Waals surface area contributed by atoms with Gasteiger partial charge in [-0.05, 0) is 0 Å². The van der Waals surface area contributed by atoms with E-state index >= 15 is 0 Å². The van der Waals surface area contributed by atoms with Crippen LogP contribution in [-0.2, 0) is 0 Å². The Hall–Kier alpha value is -4.59. The average molecular weight is 633 g/mol.